The molecule has 2 aliphatic rings. The van der Waals surface area contributed by atoms with E-state index in [9.17, 15) is 0 Å². The van der Waals surface area contributed by atoms with Gasteiger partial charge in [-0.15, -0.1) is 11.8 Å². The molecule has 0 nitrogen and oxygen atoms in total. The fourth-order valence-corrected chi connectivity index (χ4v) is 2.89. The first-order valence-corrected chi connectivity index (χ1v) is 4.81. The van der Waals surface area contributed by atoms with E-state index >= 15 is 0 Å². The molecule has 0 spiro atoms. The highest BCUT2D eigenvalue weighted by Gasteiger charge is 2.28. The average Bonchev–Trinajstić information content (AvgIpc) is 2.36. The van der Waals surface area contributed by atoms with E-state index in [0.29, 0.717) is 0 Å². The van der Waals surface area contributed by atoms with Crippen molar-refractivity contribution < 1.29 is 0 Å². The fourth-order valence-electron chi connectivity index (χ4n) is 1.70. The van der Waals surface area contributed by atoms with Gasteiger partial charge >= 0.3 is 0 Å². The molecule has 1 aliphatic heterocycles. The van der Waals surface area contributed by atoms with Crippen LogP contribution >= 0.6 is 11.8 Å². The lowest BCUT2D eigenvalue weighted by Crippen LogP contribution is -2.21. The number of hydrogen-bond donors (Lipinski definition) is 0. The third kappa shape index (κ3) is 0.929. The van der Waals surface area contributed by atoms with Crippen molar-refractivity contribution in [2.45, 2.75) is 18.6 Å². The van der Waals surface area contributed by atoms with Gasteiger partial charge in [-0.2, -0.15) is 0 Å². The first kappa shape index (κ1) is 6.53. The molecule has 10 heavy (non-hydrogen) atoms. The molecule has 0 amide bonds. The highest BCUT2D eigenvalue weighted by molar-refractivity contribution is 8.03. The van der Waals surface area contributed by atoms with Crippen LogP contribution < -0.4 is 0 Å². The van der Waals surface area contributed by atoms with Crippen molar-refractivity contribution in [3.05, 3.63) is 23.6 Å². The van der Waals surface area contributed by atoms with Crippen molar-refractivity contribution in [1.29, 1.82) is 0 Å². The van der Waals surface area contributed by atoms with Crippen molar-refractivity contribution in [2.24, 2.45) is 11.8 Å². The van der Waals surface area contributed by atoms with Gasteiger partial charge in [-0.05, 0) is 17.7 Å². The Bertz CT molecular complexity index is 181. The maximum atomic E-state index is 2.35. The second kappa shape index (κ2) is 2.46. The molecule has 2 rings (SSSR count). The zero-order valence-electron chi connectivity index (χ0n) is 6.16. The van der Waals surface area contributed by atoms with Crippen LogP contribution in [0.2, 0.25) is 0 Å². The quantitative estimate of drug-likeness (QED) is 0.481. The van der Waals surface area contributed by atoms with Gasteiger partial charge in [0.25, 0.3) is 0 Å². The van der Waals surface area contributed by atoms with E-state index in [4.69, 9.17) is 0 Å². The summed E-state index contributed by atoms with van der Waals surface area (Å²) in [6.07, 6.45) is 8.26. The molecule has 0 aromatic carbocycles. The van der Waals surface area contributed by atoms with Crippen LogP contribution in [-0.4, -0.2) is 5.25 Å². The summed E-state index contributed by atoms with van der Waals surface area (Å²) in [4.78, 5) is 0. The van der Waals surface area contributed by atoms with Crippen LogP contribution in [0.5, 0.6) is 0 Å². The smallest absolute Gasteiger partial charge is 0.0215 e. The van der Waals surface area contributed by atoms with E-state index in [2.05, 4.69) is 30.6 Å². The second-order valence-corrected chi connectivity index (χ2v) is 4.24. The van der Waals surface area contributed by atoms with Gasteiger partial charge in [0.1, 0.15) is 0 Å². The number of hydrogen-bond acceptors (Lipinski definition) is 1. The van der Waals surface area contributed by atoms with Crippen LogP contribution in [0, 0.1) is 11.8 Å². The molecule has 1 heterocycles. The lowest BCUT2D eigenvalue weighted by molar-refractivity contribution is 0.496. The maximum absolute atomic E-state index is 2.35. The summed E-state index contributed by atoms with van der Waals surface area (Å²) >= 11 is 2.00. The van der Waals surface area contributed by atoms with E-state index in [1.165, 1.54) is 6.42 Å². The predicted molar refractivity (Wildman–Crippen MR) is 46.9 cm³/mol. The summed E-state index contributed by atoms with van der Waals surface area (Å²) in [7, 11) is 0. The molecule has 54 valence electrons. The minimum Gasteiger partial charge on any atom is -0.130 e. The zero-order chi connectivity index (χ0) is 6.97. The van der Waals surface area contributed by atoms with Gasteiger partial charge < -0.3 is 0 Å². The van der Waals surface area contributed by atoms with Crippen LogP contribution in [0.1, 0.15) is 13.3 Å². The van der Waals surface area contributed by atoms with Gasteiger partial charge in [-0.3, -0.25) is 0 Å². The van der Waals surface area contributed by atoms with Crippen molar-refractivity contribution in [2.75, 3.05) is 0 Å². The first-order valence-electron chi connectivity index (χ1n) is 3.87. The summed E-state index contributed by atoms with van der Waals surface area (Å²) in [6, 6.07) is 0. The molecule has 3 atom stereocenters. The normalized spacial score (nSPS) is 43.9. The van der Waals surface area contributed by atoms with Gasteiger partial charge in [-0.1, -0.05) is 25.2 Å². The number of thioether (sulfide) groups is 1. The van der Waals surface area contributed by atoms with E-state index in [0.717, 1.165) is 17.1 Å². The average molecular weight is 152 g/mol. The van der Waals surface area contributed by atoms with Gasteiger partial charge in [0.15, 0.2) is 0 Å². The van der Waals surface area contributed by atoms with Crippen LogP contribution in [-0.2, 0) is 0 Å². The molecule has 0 aromatic heterocycles. The highest BCUT2D eigenvalue weighted by atomic mass is 32.2. The third-order valence-electron chi connectivity index (χ3n) is 2.34. The Kier molecular flexibility index (Phi) is 1.61. The maximum Gasteiger partial charge on any atom is 0.0215 e. The highest BCUT2D eigenvalue weighted by Crippen LogP contribution is 2.39. The number of allylic oxidation sites excluding steroid dienone is 3. The van der Waals surface area contributed by atoms with Gasteiger partial charge in [-0.25, -0.2) is 0 Å². The monoisotopic (exact) mass is 152 g/mol. The molecular formula is C9H12S. The molecule has 0 saturated heterocycles. The van der Waals surface area contributed by atoms with Gasteiger partial charge in [0.05, 0.1) is 0 Å². The Balaban J connectivity index is 2.19. The third-order valence-corrected chi connectivity index (χ3v) is 3.75. The Morgan fingerprint density at radius 2 is 2.30 bits per heavy atom. The Morgan fingerprint density at radius 1 is 1.40 bits per heavy atom. The van der Waals surface area contributed by atoms with Crippen molar-refractivity contribution in [1.82, 2.24) is 0 Å². The largest absolute Gasteiger partial charge is 0.130 e. The molecule has 0 saturated carbocycles. The van der Waals surface area contributed by atoms with Gasteiger partial charge in [0.2, 0.25) is 0 Å². The minimum absolute atomic E-state index is 0.744. The summed E-state index contributed by atoms with van der Waals surface area (Å²) < 4.78 is 0. The second-order valence-electron chi connectivity index (χ2n) is 3.15. The van der Waals surface area contributed by atoms with Crippen molar-refractivity contribution >= 4 is 11.8 Å². The number of fused-ring (bicyclic) bond motifs is 1. The van der Waals surface area contributed by atoms with Crippen LogP contribution in [0.25, 0.3) is 0 Å². The van der Waals surface area contributed by atoms with Crippen molar-refractivity contribution in [3.8, 4) is 0 Å². The first-order chi connectivity index (χ1) is 4.88. The molecule has 1 heteroatoms. The van der Waals surface area contributed by atoms with Crippen LogP contribution in [0.15, 0.2) is 23.6 Å². The van der Waals surface area contributed by atoms with Crippen molar-refractivity contribution in [3.63, 3.8) is 0 Å². The SMILES string of the molecule is CC1CC=C[C@@H]2C=CS[C@H]12. The lowest BCUT2D eigenvalue weighted by atomic mass is 9.88. The van der Waals surface area contributed by atoms with Gasteiger partial charge in [0, 0.05) is 11.2 Å². The van der Waals surface area contributed by atoms with Crippen LogP contribution in [0.4, 0.5) is 0 Å². The van der Waals surface area contributed by atoms with E-state index < -0.39 is 0 Å². The predicted octanol–water partition coefficient (Wildman–Crippen LogP) is 2.83. The Labute approximate surface area is 66.4 Å². The van der Waals surface area contributed by atoms with E-state index in [1.807, 2.05) is 11.8 Å². The molecule has 0 bridgehead atoms. The van der Waals surface area contributed by atoms with E-state index in [1.54, 1.807) is 0 Å². The molecule has 1 aliphatic carbocycles. The Hall–Kier alpha value is -0.170. The minimum atomic E-state index is 0.744. The molecule has 0 N–H and O–H groups in total. The molecule has 0 aromatic rings. The fraction of sp³-hybridized carbons (Fsp3) is 0.556. The standard InChI is InChI=1S/C9H12S/c1-7-3-2-4-8-5-6-10-9(7)8/h2,4-9H,3H2,1H3/t7?,8-,9-/m1/s1. The topological polar surface area (TPSA) is 0 Å². The summed E-state index contributed by atoms with van der Waals surface area (Å²) in [6.45, 7) is 2.35. The summed E-state index contributed by atoms with van der Waals surface area (Å²) in [5, 5.41) is 3.10. The number of rotatable bonds is 0. The molecular weight excluding hydrogens is 140 g/mol. The van der Waals surface area contributed by atoms with Crippen LogP contribution in [0.3, 0.4) is 0 Å². The summed E-state index contributed by atoms with van der Waals surface area (Å²) in [5.41, 5.74) is 0. The molecule has 0 fully saturated rings. The Morgan fingerprint density at radius 3 is 3.10 bits per heavy atom. The van der Waals surface area contributed by atoms with E-state index in [-0.39, 0.29) is 0 Å². The lowest BCUT2D eigenvalue weighted by Gasteiger charge is -2.25. The molecule has 0 radical (unpaired) electrons. The molecule has 1 unspecified atom stereocenters. The summed E-state index contributed by atoms with van der Waals surface area (Å²) in [5.74, 6) is 1.61. The zero-order valence-corrected chi connectivity index (χ0v) is 6.97.